The number of nitrogens with zero attached hydrogens (tertiary/aromatic N) is 1. The second-order valence-electron chi connectivity index (χ2n) is 6.48. The standard InChI is InChI=1S/C19H20N2O4S/c1-19(18(23)20-26(24,25)16-10-6-3-7-11-16)12-13-21(19)17(22)14-15-8-4-2-5-9-15/h2-11H,12-14H2,1H3,(H,20,23). The fraction of sp³-hybridized carbons (Fsp3) is 0.263. The number of carbonyl (C=O) groups is 2. The third kappa shape index (κ3) is 3.48. The van der Waals surface area contributed by atoms with E-state index in [1.807, 2.05) is 30.3 Å². The maximum Gasteiger partial charge on any atom is 0.264 e. The van der Waals surface area contributed by atoms with Gasteiger partial charge in [0.1, 0.15) is 5.54 Å². The van der Waals surface area contributed by atoms with Gasteiger partial charge in [0.2, 0.25) is 5.91 Å². The van der Waals surface area contributed by atoms with Gasteiger partial charge in [0.25, 0.3) is 15.9 Å². The van der Waals surface area contributed by atoms with E-state index >= 15 is 0 Å². The minimum absolute atomic E-state index is 0.0124. The first-order valence-corrected chi connectivity index (χ1v) is 9.78. The number of rotatable bonds is 5. The smallest absolute Gasteiger partial charge is 0.264 e. The van der Waals surface area contributed by atoms with Gasteiger partial charge in [0.05, 0.1) is 11.3 Å². The predicted molar refractivity (Wildman–Crippen MR) is 96.7 cm³/mol. The highest BCUT2D eigenvalue weighted by molar-refractivity contribution is 7.90. The molecule has 1 fully saturated rings. The summed E-state index contributed by atoms with van der Waals surface area (Å²) in [4.78, 5) is 26.6. The van der Waals surface area contributed by atoms with Gasteiger partial charge in [0.15, 0.2) is 0 Å². The molecule has 0 aliphatic carbocycles. The van der Waals surface area contributed by atoms with E-state index in [2.05, 4.69) is 4.72 Å². The van der Waals surface area contributed by atoms with Gasteiger partial charge in [0, 0.05) is 6.54 Å². The van der Waals surface area contributed by atoms with Gasteiger partial charge < -0.3 is 4.90 Å². The quantitative estimate of drug-likeness (QED) is 0.866. The van der Waals surface area contributed by atoms with E-state index in [0.717, 1.165) is 5.56 Å². The average molecular weight is 372 g/mol. The number of hydrogen-bond acceptors (Lipinski definition) is 4. The van der Waals surface area contributed by atoms with E-state index in [4.69, 9.17) is 0 Å². The number of sulfonamides is 1. The van der Waals surface area contributed by atoms with E-state index in [9.17, 15) is 18.0 Å². The molecular weight excluding hydrogens is 352 g/mol. The molecule has 2 amide bonds. The molecule has 1 N–H and O–H groups in total. The zero-order valence-electron chi connectivity index (χ0n) is 14.4. The molecule has 1 aliphatic heterocycles. The van der Waals surface area contributed by atoms with Crippen molar-refractivity contribution in [2.75, 3.05) is 6.54 Å². The van der Waals surface area contributed by atoms with Crippen molar-refractivity contribution >= 4 is 21.8 Å². The number of hydrogen-bond donors (Lipinski definition) is 1. The molecule has 1 aliphatic rings. The summed E-state index contributed by atoms with van der Waals surface area (Å²) in [5.41, 5.74) is -0.308. The molecule has 2 aromatic rings. The summed E-state index contributed by atoms with van der Waals surface area (Å²) < 4.78 is 26.8. The molecule has 0 bridgehead atoms. The molecule has 136 valence electrons. The molecule has 1 heterocycles. The maximum atomic E-state index is 12.6. The van der Waals surface area contributed by atoms with Crippen LogP contribution in [-0.2, 0) is 26.0 Å². The SMILES string of the molecule is CC1(C(=O)NS(=O)(=O)c2ccccc2)CCN1C(=O)Cc1ccccc1. The summed E-state index contributed by atoms with van der Waals surface area (Å²) in [6, 6.07) is 16.9. The lowest BCUT2D eigenvalue weighted by molar-refractivity contribution is -0.156. The summed E-state index contributed by atoms with van der Waals surface area (Å²) in [6.45, 7) is 2.02. The van der Waals surface area contributed by atoms with Crippen LogP contribution in [-0.4, -0.2) is 37.2 Å². The van der Waals surface area contributed by atoms with Crippen LogP contribution in [0.3, 0.4) is 0 Å². The largest absolute Gasteiger partial charge is 0.328 e. The number of carbonyl (C=O) groups excluding carboxylic acids is 2. The minimum atomic E-state index is -3.96. The van der Waals surface area contributed by atoms with Crippen LogP contribution in [0.15, 0.2) is 65.6 Å². The fourth-order valence-corrected chi connectivity index (χ4v) is 4.05. The van der Waals surface area contributed by atoms with Crippen LogP contribution >= 0.6 is 0 Å². The maximum absolute atomic E-state index is 12.6. The number of amides is 2. The molecule has 1 saturated heterocycles. The van der Waals surface area contributed by atoms with Crippen molar-refractivity contribution in [3.8, 4) is 0 Å². The Morgan fingerprint density at radius 1 is 1.04 bits per heavy atom. The lowest BCUT2D eigenvalue weighted by atomic mass is 9.85. The molecule has 6 nitrogen and oxygen atoms in total. The Bertz CT molecular complexity index is 913. The van der Waals surface area contributed by atoms with Crippen LogP contribution in [0, 0.1) is 0 Å². The van der Waals surface area contributed by atoms with Crippen LogP contribution in [0.5, 0.6) is 0 Å². The van der Waals surface area contributed by atoms with E-state index in [0.29, 0.717) is 13.0 Å². The van der Waals surface area contributed by atoms with E-state index in [-0.39, 0.29) is 17.2 Å². The Labute approximate surface area is 152 Å². The zero-order valence-corrected chi connectivity index (χ0v) is 15.2. The molecule has 1 atom stereocenters. The third-order valence-corrected chi connectivity index (χ3v) is 6.03. The molecule has 0 spiro atoms. The first-order chi connectivity index (χ1) is 12.3. The summed E-state index contributed by atoms with van der Waals surface area (Å²) >= 11 is 0. The molecule has 2 aromatic carbocycles. The van der Waals surface area contributed by atoms with Gasteiger partial charge in [-0.2, -0.15) is 0 Å². The van der Waals surface area contributed by atoms with E-state index < -0.39 is 21.5 Å². The Kier molecular flexibility index (Phi) is 4.82. The minimum Gasteiger partial charge on any atom is -0.328 e. The lowest BCUT2D eigenvalue weighted by Gasteiger charge is -2.49. The molecule has 0 radical (unpaired) electrons. The highest BCUT2D eigenvalue weighted by Crippen LogP contribution is 2.31. The van der Waals surface area contributed by atoms with Gasteiger partial charge in [-0.25, -0.2) is 13.1 Å². The normalized spacial score (nSPS) is 19.5. The topological polar surface area (TPSA) is 83.6 Å². The Balaban J connectivity index is 1.71. The zero-order chi connectivity index (χ0) is 18.8. The highest BCUT2D eigenvalue weighted by Gasteiger charge is 2.50. The fourth-order valence-electron chi connectivity index (χ4n) is 2.95. The second-order valence-corrected chi connectivity index (χ2v) is 8.16. The molecule has 1 unspecified atom stereocenters. The highest BCUT2D eigenvalue weighted by atomic mass is 32.2. The Morgan fingerprint density at radius 2 is 1.62 bits per heavy atom. The van der Waals surface area contributed by atoms with Crippen molar-refractivity contribution in [1.82, 2.24) is 9.62 Å². The average Bonchev–Trinajstić information content (AvgIpc) is 2.61. The van der Waals surface area contributed by atoms with Crippen LogP contribution < -0.4 is 4.72 Å². The number of nitrogens with one attached hydrogen (secondary N) is 1. The van der Waals surface area contributed by atoms with Crippen molar-refractivity contribution in [3.63, 3.8) is 0 Å². The Hall–Kier alpha value is -2.67. The predicted octanol–water partition coefficient (Wildman–Crippen LogP) is 1.73. The van der Waals surface area contributed by atoms with Gasteiger partial charge in [-0.1, -0.05) is 48.5 Å². The molecule has 3 rings (SSSR count). The lowest BCUT2D eigenvalue weighted by Crippen LogP contribution is -2.68. The van der Waals surface area contributed by atoms with Crippen LogP contribution in [0.4, 0.5) is 0 Å². The number of likely N-dealkylation sites (tertiary alicyclic amines) is 1. The van der Waals surface area contributed by atoms with Crippen molar-refractivity contribution in [3.05, 3.63) is 66.2 Å². The van der Waals surface area contributed by atoms with Crippen molar-refractivity contribution in [2.45, 2.75) is 30.2 Å². The first kappa shape index (κ1) is 18.1. The van der Waals surface area contributed by atoms with Crippen LogP contribution in [0.2, 0.25) is 0 Å². The van der Waals surface area contributed by atoms with Crippen LogP contribution in [0.1, 0.15) is 18.9 Å². The summed E-state index contributed by atoms with van der Waals surface area (Å²) in [5.74, 6) is -0.883. The van der Waals surface area contributed by atoms with E-state index in [1.54, 1.807) is 25.1 Å². The van der Waals surface area contributed by atoms with Crippen molar-refractivity contribution in [1.29, 1.82) is 0 Å². The van der Waals surface area contributed by atoms with Crippen molar-refractivity contribution in [2.24, 2.45) is 0 Å². The molecule has 0 saturated carbocycles. The Morgan fingerprint density at radius 3 is 2.15 bits per heavy atom. The van der Waals surface area contributed by atoms with E-state index in [1.165, 1.54) is 17.0 Å². The molecule has 0 aromatic heterocycles. The monoisotopic (exact) mass is 372 g/mol. The third-order valence-electron chi connectivity index (χ3n) is 4.69. The molecule has 26 heavy (non-hydrogen) atoms. The molecular formula is C19H20N2O4S. The summed E-state index contributed by atoms with van der Waals surface area (Å²) in [7, 11) is -3.96. The summed E-state index contributed by atoms with van der Waals surface area (Å²) in [5, 5.41) is 0. The molecule has 7 heteroatoms. The van der Waals surface area contributed by atoms with Gasteiger partial charge >= 0.3 is 0 Å². The van der Waals surface area contributed by atoms with Gasteiger partial charge in [-0.15, -0.1) is 0 Å². The number of benzene rings is 2. The van der Waals surface area contributed by atoms with Crippen molar-refractivity contribution < 1.29 is 18.0 Å². The second kappa shape index (κ2) is 6.92. The van der Waals surface area contributed by atoms with Gasteiger partial charge in [-0.05, 0) is 31.0 Å². The summed E-state index contributed by atoms with van der Waals surface area (Å²) in [6.07, 6.45) is 0.596. The van der Waals surface area contributed by atoms with Crippen LogP contribution in [0.25, 0.3) is 0 Å². The van der Waals surface area contributed by atoms with Gasteiger partial charge in [-0.3, -0.25) is 9.59 Å². The first-order valence-electron chi connectivity index (χ1n) is 8.30.